The van der Waals surface area contributed by atoms with Crippen molar-refractivity contribution in [3.63, 3.8) is 0 Å². The zero-order valence-electron chi connectivity index (χ0n) is 12.6. The fourth-order valence-corrected chi connectivity index (χ4v) is 2.04. The summed E-state index contributed by atoms with van der Waals surface area (Å²) in [7, 11) is 0. The van der Waals surface area contributed by atoms with Crippen LogP contribution < -0.4 is 16.6 Å². The molecule has 0 fully saturated rings. The maximum absolute atomic E-state index is 12.0. The molecule has 1 amide bonds. The van der Waals surface area contributed by atoms with Crippen LogP contribution in [0.25, 0.3) is 0 Å². The van der Waals surface area contributed by atoms with E-state index in [0.717, 1.165) is 15.1 Å². The average molecular weight is 396 g/mol. The predicted molar refractivity (Wildman–Crippen MR) is 89.6 cm³/mol. The van der Waals surface area contributed by atoms with E-state index in [1.165, 1.54) is 13.1 Å². The van der Waals surface area contributed by atoms with Crippen molar-refractivity contribution in [2.45, 2.75) is 19.6 Å². The number of esters is 1. The molecule has 1 heterocycles. The van der Waals surface area contributed by atoms with Crippen LogP contribution >= 0.6 is 15.9 Å². The highest BCUT2D eigenvalue weighted by Gasteiger charge is 2.18. The molecular weight excluding hydrogens is 382 g/mol. The normalized spacial score (nSPS) is 11.6. The zero-order chi connectivity index (χ0) is 17.7. The van der Waals surface area contributed by atoms with Gasteiger partial charge in [-0.15, -0.1) is 0 Å². The van der Waals surface area contributed by atoms with Gasteiger partial charge in [-0.05, 0) is 31.2 Å². The number of H-pyrrole nitrogens is 1. The molecule has 0 spiro atoms. The van der Waals surface area contributed by atoms with Crippen molar-refractivity contribution >= 4 is 33.5 Å². The van der Waals surface area contributed by atoms with Gasteiger partial charge in [-0.25, -0.2) is 4.79 Å². The number of rotatable bonds is 5. The lowest BCUT2D eigenvalue weighted by Crippen LogP contribution is -2.34. The van der Waals surface area contributed by atoms with Crippen LogP contribution in [0.3, 0.4) is 0 Å². The minimum absolute atomic E-state index is 0.411. The number of hydrogen-bond acceptors (Lipinski definition) is 5. The predicted octanol–water partition coefficient (Wildman–Crippen LogP) is 0.869. The lowest BCUT2D eigenvalue weighted by Gasteiger charge is -2.14. The number of carbonyl (C=O) groups is 2. The summed E-state index contributed by atoms with van der Waals surface area (Å²) in [5.41, 5.74) is -0.735. The third kappa shape index (κ3) is 4.92. The lowest BCUT2D eigenvalue weighted by molar-refractivity contribution is -0.153. The molecule has 2 rings (SSSR count). The van der Waals surface area contributed by atoms with Gasteiger partial charge in [-0.3, -0.25) is 23.9 Å². The Morgan fingerprint density at radius 2 is 1.92 bits per heavy atom. The van der Waals surface area contributed by atoms with Gasteiger partial charge in [-0.1, -0.05) is 15.9 Å². The first-order chi connectivity index (χ1) is 11.3. The summed E-state index contributed by atoms with van der Waals surface area (Å²) in [5.74, 6) is -1.28. The van der Waals surface area contributed by atoms with Gasteiger partial charge in [0.05, 0.1) is 0 Å². The number of aromatic amines is 1. The summed E-state index contributed by atoms with van der Waals surface area (Å²) >= 11 is 3.28. The van der Waals surface area contributed by atoms with Crippen molar-refractivity contribution in [1.82, 2.24) is 9.55 Å². The summed E-state index contributed by atoms with van der Waals surface area (Å²) < 4.78 is 6.83. The van der Waals surface area contributed by atoms with E-state index in [9.17, 15) is 19.2 Å². The summed E-state index contributed by atoms with van der Waals surface area (Å²) in [6.45, 7) is 1.01. The second-order valence-corrected chi connectivity index (χ2v) is 5.78. The smallest absolute Gasteiger partial charge is 0.328 e. The van der Waals surface area contributed by atoms with E-state index in [1.54, 1.807) is 24.3 Å². The van der Waals surface area contributed by atoms with E-state index in [4.69, 9.17) is 4.74 Å². The van der Waals surface area contributed by atoms with Crippen LogP contribution in [0.4, 0.5) is 5.69 Å². The number of nitrogens with one attached hydrogen (secondary N) is 2. The highest BCUT2D eigenvalue weighted by atomic mass is 79.9. The van der Waals surface area contributed by atoms with E-state index < -0.39 is 35.8 Å². The molecule has 8 nitrogen and oxygen atoms in total. The molecule has 2 aromatic rings. The zero-order valence-corrected chi connectivity index (χ0v) is 14.2. The first-order valence-corrected chi connectivity index (χ1v) is 7.70. The molecule has 0 unspecified atom stereocenters. The number of hydrogen-bond donors (Lipinski definition) is 2. The third-order valence-electron chi connectivity index (χ3n) is 2.99. The Morgan fingerprint density at radius 1 is 1.25 bits per heavy atom. The van der Waals surface area contributed by atoms with E-state index >= 15 is 0 Å². The van der Waals surface area contributed by atoms with E-state index in [-0.39, 0.29) is 0 Å². The van der Waals surface area contributed by atoms with E-state index in [1.807, 2.05) is 4.98 Å². The van der Waals surface area contributed by atoms with Gasteiger partial charge in [0.25, 0.3) is 11.5 Å². The molecule has 9 heteroatoms. The van der Waals surface area contributed by atoms with E-state index in [0.29, 0.717) is 5.69 Å². The highest BCUT2D eigenvalue weighted by Crippen LogP contribution is 2.14. The Kier molecular flexibility index (Phi) is 5.69. The van der Waals surface area contributed by atoms with Gasteiger partial charge in [0.15, 0.2) is 6.10 Å². The van der Waals surface area contributed by atoms with Crippen molar-refractivity contribution in [3.8, 4) is 0 Å². The Hall–Kier alpha value is -2.68. The quantitative estimate of drug-likeness (QED) is 0.729. The molecule has 1 atom stereocenters. The third-order valence-corrected chi connectivity index (χ3v) is 3.51. The van der Waals surface area contributed by atoms with E-state index in [2.05, 4.69) is 21.2 Å². The van der Waals surface area contributed by atoms with Crippen molar-refractivity contribution in [3.05, 3.63) is 61.8 Å². The summed E-state index contributed by atoms with van der Waals surface area (Å²) in [4.78, 5) is 48.2. The standard InChI is InChI=1S/C15H14BrN3O5/c1-9(14(22)17-11-4-2-10(16)3-5-11)24-13(21)8-19-7-6-12(20)18-15(19)23/h2-7,9H,8H2,1H3,(H,17,22)(H,18,20,23)/t9-/m0/s1. The van der Waals surface area contributed by atoms with Crippen LogP contribution in [0.5, 0.6) is 0 Å². The molecule has 0 aliphatic rings. The number of amides is 1. The lowest BCUT2D eigenvalue weighted by atomic mass is 10.3. The van der Waals surface area contributed by atoms with Crippen molar-refractivity contribution in [2.24, 2.45) is 0 Å². The number of halogens is 1. The second kappa shape index (κ2) is 7.73. The number of carbonyl (C=O) groups excluding carboxylic acids is 2. The van der Waals surface area contributed by atoms with Crippen LogP contribution in [0, 0.1) is 0 Å². The molecule has 0 aliphatic carbocycles. The molecule has 24 heavy (non-hydrogen) atoms. The Bertz CT molecular complexity index is 856. The summed E-state index contributed by atoms with van der Waals surface area (Å²) in [6.07, 6.45) is 0.134. The molecule has 0 aliphatic heterocycles. The van der Waals surface area contributed by atoms with Crippen LogP contribution in [-0.2, 0) is 20.9 Å². The van der Waals surface area contributed by atoms with Gasteiger partial charge in [0, 0.05) is 22.4 Å². The van der Waals surface area contributed by atoms with Crippen molar-refractivity contribution in [1.29, 1.82) is 0 Å². The SMILES string of the molecule is C[C@H](OC(=O)Cn1ccc(=O)[nH]c1=O)C(=O)Nc1ccc(Br)cc1. The Labute approximate surface area is 144 Å². The molecule has 0 radical (unpaired) electrons. The minimum Gasteiger partial charge on any atom is -0.451 e. The topological polar surface area (TPSA) is 110 Å². The molecule has 1 aromatic carbocycles. The fourth-order valence-electron chi connectivity index (χ4n) is 1.77. The highest BCUT2D eigenvalue weighted by molar-refractivity contribution is 9.10. The second-order valence-electron chi connectivity index (χ2n) is 4.87. The fraction of sp³-hybridized carbons (Fsp3) is 0.200. The van der Waals surface area contributed by atoms with Gasteiger partial charge in [0.2, 0.25) is 0 Å². The molecule has 1 aromatic heterocycles. The maximum atomic E-state index is 12.0. The largest absolute Gasteiger partial charge is 0.451 e. The number of ether oxygens (including phenoxy) is 1. The van der Waals surface area contributed by atoms with Crippen molar-refractivity contribution in [2.75, 3.05) is 5.32 Å². The maximum Gasteiger partial charge on any atom is 0.328 e. The van der Waals surface area contributed by atoms with Crippen LogP contribution in [0.15, 0.2) is 50.6 Å². The van der Waals surface area contributed by atoms with Crippen LogP contribution in [0.2, 0.25) is 0 Å². The molecule has 2 N–H and O–H groups in total. The average Bonchev–Trinajstić information content (AvgIpc) is 2.52. The first kappa shape index (κ1) is 17.7. The number of anilines is 1. The van der Waals surface area contributed by atoms with Gasteiger partial charge in [-0.2, -0.15) is 0 Å². The van der Waals surface area contributed by atoms with Gasteiger partial charge in [0.1, 0.15) is 6.54 Å². The molecule has 0 saturated heterocycles. The number of nitrogens with zero attached hydrogens (tertiary/aromatic N) is 1. The molecule has 0 bridgehead atoms. The summed E-state index contributed by atoms with van der Waals surface area (Å²) in [5, 5.41) is 2.60. The van der Waals surface area contributed by atoms with Crippen molar-refractivity contribution < 1.29 is 14.3 Å². The Balaban J connectivity index is 1.92. The minimum atomic E-state index is -1.04. The van der Waals surface area contributed by atoms with Crippen LogP contribution in [-0.4, -0.2) is 27.5 Å². The monoisotopic (exact) mass is 395 g/mol. The molecule has 0 saturated carbocycles. The first-order valence-electron chi connectivity index (χ1n) is 6.91. The number of benzene rings is 1. The molecular formula is C15H14BrN3O5. The number of aromatic nitrogens is 2. The van der Waals surface area contributed by atoms with Gasteiger partial charge < -0.3 is 10.1 Å². The Morgan fingerprint density at radius 3 is 2.54 bits per heavy atom. The summed E-state index contributed by atoms with van der Waals surface area (Å²) in [6, 6.07) is 8.01. The van der Waals surface area contributed by atoms with Gasteiger partial charge >= 0.3 is 11.7 Å². The molecule has 126 valence electrons. The van der Waals surface area contributed by atoms with Crippen LogP contribution in [0.1, 0.15) is 6.92 Å².